The summed E-state index contributed by atoms with van der Waals surface area (Å²) in [5, 5.41) is 3.02. The van der Waals surface area contributed by atoms with Crippen LogP contribution in [0.15, 0.2) is 18.2 Å². The van der Waals surface area contributed by atoms with Crippen LogP contribution in [-0.2, 0) is 9.53 Å². The van der Waals surface area contributed by atoms with Gasteiger partial charge in [0.25, 0.3) is 0 Å². The normalized spacial score (nSPS) is 27.7. The number of amides is 1. The maximum absolute atomic E-state index is 12.7. The fourth-order valence-electron chi connectivity index (χ4n) is 3.85. The fraction of sp³-hybridized carbons (Fsp3) is 0.632. The zero-order chi connectivity index (χ0) is 17.4. The van der Waals surface area contributed by atoms with Gasteiger partial charge in [0.2, 0.25) is 12.7 Å². The second kappa shape index (κ2) is 6.84. The molecule has 4 rings (SSSR count). The summed E-state index contributed by atoms with van der Waals surface area (Å²) >= 11 is 0. The summed E-state index contributed by atoms with van der Waals surface area (Å²) in [6.45, 7) is 7.61. The average Bonchev–Trinajstić information content (AvgIpc) is 3.16. The number of benzene rings is 1. The van der Waals surface area contributed by atoms with Gasteiger partial charge in [0.1, 0.15) is 0 Å². The first-order valence-corrected chi connectivity index (χ1v) is 9.17. The Bertz CT molecular complexity index is 648. The number of nitrogens with zero attached hydrogens (tertiary/aromatic N) is 1. The van der Waals surface area contributed by atoms with Gasteiger partial charge in [-0.2, -0.15) is 0 Å². The molecule has 1 N–H and O–H groups in total. The Kier molecular flexibility index (Phi) is 4.56. The van der Waals surface area contributed by atoms with Crippen molar-refractivity contribution in [1.29, 1.82) is 0 Å². The van der Waals surface area contributed by atoms with Crippen molar-refractivity contribution in [3.05, 3.63) is 18.2 Å². The van der Waals surface area contributed by atoms with Crippen LogP contribution in [0.2, 0.25) is 0 Å². The van der Waals surface area contributed by atoms with E-state index < -0.39 is 0 Å². The van der Waals surface area contributed by atoms with E-state index in [4.69, 9.17) is 14.2 Å². The van der Waals surface area contributed by atoms with Crippen LogP contribution < -0.4 is 14.8 Å². The number of carbonyl (C=O) groups excluding carboxylic acids is 1. The van der Waals surface area contributed by atoms with Gasteiger partial charge in [0.05, 0.1) is 18.1 Å². The lowest BCUT2D eigenvalue weighted by Gasteiger charge is -2.33. The molecular weight excluding hydrogens is 320 g/mol. The molecule has 0 aliphatic carbocycles. The fourth-order valence-corrected chi connectivity index (χ4v) is 3.85. The standard InChI is InChI=1S/C19H26N2O4/c1-12(2)5-6-21-9-14-8-15(18(10-21)25-14)19(22)20-13-3-4-16-17(7-13)24-11-23-16/h3-4,7,12,14-15,18H,5-6,8-11H2,1-2H3,(H,20,22)/t14-,15+,18-/m0/s1. The highest BCUT2D eigenvalue weighted by molar-refractivity contribution is 5.93. The van der Waals surface area contributed by atoms with E-state index >= 15 is 0 Å². The maximum atomic E-state index is 12.7. The van der Waals surface area contributed by atoms with Crippen LogP contribution in [0.3, 0.4) is 0 Å². The van der Waals surface area contributed by atoms with E-state index in [0.717, 1.165) is 37.5 Å². The van der Waals surface area contributed by atoms with Gasteiger partial charge in [-0.25, -0.2) is 0 Å². The van der Waals surface area contributed by atoms with E-state index in [1.54, 1.807) is 0 Å². The third-order valence-corrected chi connectivity index (χ3v) is 5.23. The van der Waals surface area contributed by atoms with Gasteiger partial charge < -0.3 is 19.5 Å². The van der Waals surface area contributed by atoms with Gasteiger partial charge >= 0.3 is 0 Å². The highest BCUT2D eigenvalue weighted by Gasteiger charge is 2.44. The van der Waals surface area contributed by atoms with Crippen molar-refractivity contribution >= 4 is 11.6 Å². The lowest BCUT2D eigenvalue weighted by atomic mass is 9.99. The molecule has 0 aromatic heterocycles. The van der Waals surface area contributed by atoms with Crippen molar-refractivity contribution in [3.8, 4) is 11.5 Å². The minimum atomic E-state index is -0.0838. The van der Waals surface area contributed by atoms with Crippen molar-refractivity contribution in [2.24, 2.45) is 11.8 Å². The second-order valence-electron chi connectivity index (χ2n) is 7.64. The molecule has 3 atom stereocenters. The summed E-state index contributed by atoms with van der Waals surface area (Å²) in [6.07, 6.45) is 2.17. The zero-order valence-corrected chi connectivity index (χ0v) is 14.9. The van der Waals surface area contributed by atoms with Crippen LogP contribution in [0.4, 0.5) is 5.69 Å². The Morgan fingerprint density at radius 1 is 1.28 bits per heavy atom. The molecule has 2 fully saturated rings. The lowest BCUT2D eigenvalue weighted by molar-refractivity contribution is -0.122. The Balaban J connectivity index is 1.37. The van der Waals surface area contributed by atoms with Gasteiger partial charge in [-0.05, 0) is 37.4 Å². The highest BCUT2D eigenvalue weighted by atomic mass is 16.7. The maximum Gasteiger partial charge on any atom is 0.231 e. The summed E-state index contributed by atoms with van der Waals surface area (Å²) in [5.41, 5.74) is 0.743. The average molecular weight is 346 g/mol. The van der Waals surface area contributed by atoms with Crippen LogP contribution >= 0.6 is 0 Å². The molecule has 1 aromatic rings. The van der Waals surface area contributed by atoms with Gasteiger partial charge in [0, 0.05) is 24.8 Å². The van der Waals surface area contributed by atoms with E-state index in [0.29, 0.717) is 11.7 Å². The summed E-state index contributed by atoms with van der Waals surface area (Å²) in [5.74, 6) is 2.06. The van der Waals surface area contributed by atoms with E-state index in [9.17, 15) is 4.79 Å². The molecule has 2 saturated heterocycles. The largest absolute Gasteiger partial charge is 0.454 e. The third kappa shape index (κ3) is 3.60. The minimum Gasteiger partial charge on any atom is -0.454 e. The quantitative estimate of drug-likeness (QED) is 0.888. The molecule has 6 nitrogen and oxygen atoms in total. The summed E-state index contributed by atoms with van der Waals surface area (Å²) in [4.78, 5) is 15.2. The van der Waals surface area contributed by atoms with Gasteiger partial charge in [-0.15, -0.1) is 0 Å². The monoisotopic (exact) mass is 346 g/mol. The predicted molar refractivity (Wildman–Crippen MR) is 93.9 cm³/mol. The first kappa shape index (κ1) is 16.7. The van der Waals surface area contributed by atoms with Crippen LogP contribution in [0.1, 0.15) is 26.7 Å². The Labute approximate surface area is 148 Å². The van der Waals surface area contributed by atoms with E-state index in [-0.39, 0.29) is 30.8 Å². The number of anilines is 1. The van der Waals surface area contributed by atoms with Crippen molar-refractivity contribution < 1.29 is 19.0 Å². The number of carbonyl (C=O) groups is 1. The number of hydrogen-bond donors (Lipinski definition) is 1. The molecular formula is C19H26N2O4. The molecule has 3 aliphatic heterocycles. The number of hydrogen-bond acceptors (Lipinski definition) is 5. The summed E-state index contributed by atoms with van der Waals surface area (Å²) in [7, 11) is 0. The number of likely N-dealkylation sites (tertiary alicyclic amines) is 1. The number of nitrogens with one attached hydrogen (secondary N) is 1. The molecule has 2 bridgehead atoms. The van der Waals surface area contributed by atoms with Gasteiger partial charge in [-0.1, -0.05) is 13.8 Å². The second-order valence-corrected chi connectivity index (χ2v) is 7.64. The molecule has 0 saturated carbocycles. The first-order chi connectivity index (χ1) is 12.1. The van der Waals surface area contributed by atoms with Gasteiger partial charge in [-0.3, -0.25) is 9.69 Å². The van der Waals surface area contributed by atoms with E-state index in [2.05, 4.69) is 24.1 Å². The van der Waals surface area contributed by atoms with Crippen molar-refractivity contribution in [1.82, 2.24) is 4.90 Å². The van der Waals surface area contributed by atoms with Crippen molar-refractivity contribution in [3.63, 3.8) is 0 Å². The molecule has 0 unspecified atom stereocenters. The first-order valence-electron chi connectivity index (χ1n) is 9.17. The van der Waals surface area contributed by atoms with E-state index in [1.807, 2.05) is 18.2 Å². The molecule has 1 aromatic carbocycles. The Morgan fingerprint density at radius 3 is 2.96 bits per heavy atom. The topological polar surface area (TPSA) is 60.0 Å². The molecule has 0 spiro atoms. The van der Waals surface area contributed by atoms with Crippen LogP contribution in [0.5, 0.6) is 11.5 Å². The number of fused-ring (bicyclic) bond motifs is 3. The van der Waals surface area contributed by atoms with Crippen LogP contribution in [0, 0.1) is 11.8 Å². The number of ether oxygens (including phenoxy) is 3. The van der Waals surface area contributed by atoms with Crippen LogP contribution in [0.25, 0.3) is 0 Å². The van der Waals surface area contributed by atoms with E-state index in [1.165, 1.54) is 6.42 Å². The predicted octanol–water partition coefficient (Wildman–Crippen LogP) is 2.49. The molecule has 6 heteroatoms. The summed E-state index contributed by atoms with van der Waals surface area (Å²) < 4.78 is 16.7. The highest BCUT2D eigenvalue weighted by Crippen LogP contribution is 2.36. The molecule has 25 heavy (non-hydrogen) atoms. The Morgan fingerprint density at radius 2 is 2.12 bits per heavy atom. The Hall–Kier alpha value is -1.79. The smallest absolute Gasteiger partial charge is 0.231 e. The molecule has 0 radical (unpaired) electrons. The van der Waals surface area contributed by atoms with Crippen LogP contribution in [-0.4, -0.2) is 49.4 Å². The minimum absolute atomic E-state index is 0.0000715. The molecule has 3 heterocycles. The summed E-state index contributed by atoms with van der Waals surface area (Å²) in [6, 6.07) is 5.49. The molecule has 1 amide bonds. The SMILES string of the molecule is CC(C)CCN1C[C@@H]2C[C@@H](C(=O)Nc3ccc4c(c3)OCO4)[C@H](C1)O2. The zero-order valence-electron chi connectivity index (χ0n) is 14.9. The molecule has 136 valence electrons. The molecule has 3 aliphatic rings. The van der Waals surface area contributed by atoms with Gasteiger partial charge in [0.15, 0.2) is 11.5 Å². The third-order valence-electron chi connectivity index (χ3n) is 5.23. The number of morpholine rings is 1. The van der Waals surface area contributed by atoms with Crippen molar-refractivity contribution in [2.45, 2.75) is 38.9 Å². The lowest BCUT2D eigenvalue weighted by Crippen LogP contribution is -2.45. The number of rotatable bonds is 5. The van der Waals surface area contributed by atoms with Crippen molar-refractivity contribution in [2.75, 3.05) is 31.7 Å².